The molecule has 0 saturated heterocycles. The Morgan fingerprint density at radius 1 is 1.20 bits per heavy atom. The number of rotatable bonds is 7. The molecule has 0 amide bonds. The largest absolute Gasteiger partial charge is 0.497 e. The lowest BCUT2D eigenvalue weighted by Gasteiger charge is -2.28. The van der Waals surface area contributed by atoms with Crippen LogP contribution >= 0.6 is 28.7 Å². The number of hydrogen-bond donors (Lipinski definition) is 0. The molecule has 1 aliphatic heterocycles. The number of nitro groups is 1. The summed E-state index contributed by atoms with van der Waals surface area (Å²) in [4.78, 5) is 29.7. The zero-order chi connectivity index (χ0) is 20.8. The average Bonchev–Trinajstić information content (AvgIpc) is 2.77. The Labute approximate surface area is 189 Å². The number of Topliss-reactive ketones (excluding diaryl/α,β-unsaturated/α-hetero) is 1. The zero-order valence-electron chi connectivity index (χ0n) is 16.6. The van der Waals surface area contributed by atoms with Crippen LogP contribution in [0.3, 0.4) is 0 Å². The number of thioether (sulfide) groups is 1. The second-order valence-corrected chi connectivity index (χ2v) is 7.28. The van der Waals surface area contributed by atoms with Gasteiger partial charge in [-0.1, -0.05) is 11.8 Å². The number of aliphatic imine (C=N–C) groups is 1. The van der Waals surface area contributed by atoms with Crippen molar-refractivity contribution in [2.24, 2.45) is 4.99 Å². The molecule has 160 valence electrons. The number of ketones is 1. The second-order valence-electron chi connectivity index (χ2n) is 6.22. The van der Waals surface area contributed by atoms with Crippen LogP contribution in [0.2, 0.25) is 0 Å². The highest BCUT2D eigenvalue weighted by molar-refractivity contribution is 8.93. The van der Waals surface area contributed by atoms with Gasteiger partial charge in [0.05, 0.1) is 31.4 Å². The van der Waals surface area contributed by atoms with Gasteiger partial charge >= 0.3 is 0 Å². The maximum Gasteiger partial charge on any atom is 0.269 e. The Kier molecular flexibility index (Phi) is 8.67. The Bertz CT molecular complexity index is 937. The van der Waals surface area contributed by atoms with Crippen LogP contribution in [0.1, 0.15) is 16.8 Å². The third-order valence-electron chi connectivity index (χ3n) is 4.39. The third kappa shape index (κ3) is 5.51. The summed E-state index contributed by atoms with van der Waals surface area (Å²) in [6, 6.07) is 11.0. The number of halogens is 1. The molecule has 0 atom stereocenters. The normalized spacial score (nSPS) is 12.9. The van der Waals surface area contributed by atoms with Gasteiger partial charge in [-0.05, 0) is 30.7 Å². The lowest BCUT2D eigenvalue weighted by atomic mass is 10.1. The van der Waals surface area contributed by atoms with Crippen LogP contribution in [-0.4, -0.2) is 48.9 Å². The summed E-state index contributed by atoms with van der Waals surface area (Å²) in [5.41, 5.74) is 1.01. The number of methoxy groups -OCH3 is 2. The quantitative estimate of drug-likeness (QED) is 0.319. The number of benzene rings is 2. The van der Waals surface area contributed by atoms with Gasteiger partial charge in [-0.2, -0.15) is 0 Å². The van der Waals surface area contributed by atoms with E-state index >= 15 is 0 Å². The molecule has 0 fully saturated rings. The highest BCUT2D eigenvalue weighted by Crippen LogP contribution is 2.35. The van der Waals surface area contributed by atoms with Gasteiger partial charge in [-0.25, -0.2) is 0 Å². The van der Waals surface area contributed by atoms with Crippen molar-refractivity contribution in [2.75, 3.05) is 38.0 Å². The monoisotopic (exact) mass is 495 g/mol. The van der Waals surface area contributed by atoms with Crippen molar-refractivity contribution in [1.82, 2.24) is 0 Å². The van der Waals surface area contributed by atoms with Crippen molar-refractivity contribution in [3.8, 4) is 11.5 Å². The molecule has 0 bridgehead atoms. The summed E-state index contributed by atoms with van der Waals surface area (Å²) in [7, 11) is 3.14. The van der Waals surface area contributed by atoms with Crippen LogP contribution in [0.5, 0.6) is 11.5 Å². The molecule has 0 radical (unpaired) electrons. The fourth-order valence-electron chi connectivity index (χ4n) is 2.88. The number of carbonyl (C=O) groups is 1. The topological polar surface area (TPSA) is 94.3 Å². The van der Waals surface area contributed by atoms with Crippen molar-refractivity contribution in [3.05, 3.63) is 58.1 Å². The molecule has 3 rings (SSSR count). The minimum absolute atomic E-state index is 0. The first-order valence-corrected chi connectivity index (χ1v) is 9.96. The van der Waals surface area contributed by atoms with Crippen molar-refractivity contribution >= 4 is 51.1 Å². The van der Waals surface area contributed by atoms with Crippen LogP contribution in [0.25, 0.3) is 0 Å². The number of amidine groups is 1. The van der Waals surface area contributed by atoms with Crippen LogP contribution < -0.4 is 14.4 Å². The van der Waals surface area contributed by atoms with E-state index in [4.69, 9.17) is 9.47 Å². The molecule has 8 nitrogen and oxygen atoms in total. The molecule has 0 N–H and O–H groups in total. The molecule has 0 aliphatic carbocycles. The van der Waals surface area contributed by atoms with E-state index in [1.807, 2.05) is 4.90 Å². The first kappa shape index (κ1) is 23.7. The fraction of sp³-hybridized carbons (Fsp3) is 0.300. The maximum atomic E-state index is 13.0. The zero-order valence-corrected chi connectivity index (χ0v) is 19.1. The summed E-state index contributed by atoms with van der Waals surface area (Å²) in [5, 5.41) is 11.6. The van der Waals surface area contributed by atoms with Gasteiger partial charge in [-0.15, -0.1) is 17.0 Å². The molecule has 1 heterocycles. The summed E-state index contributed by atoms with van der Waals surface area (Å²) in [5.74, 6) is 1.96. The van der Waals surface area contributed by atoms with Crippen molar-refractivity contribution in [1.29, 1.82) is 0 Å². The van der Waals surface area contributed by atoms with E-state index in [9.17, 15) is 14.9 Å². The van der Waals surface area contributed by atoms with E-state index in [-0.39, 0.29) is 35.0 Å². The predicted molar refractivity (Wildman–Crippen MR) is 124 cm³/mol. The molecule has 30 heavy (non-hydrogen) atoms. The van der Waals surface area contributed by atoms with Gasteiger partial charge in [0.2, 0.25) is 0 Å². The van der Waals surface area contributed by atoms with Crippen molar-refractivity contribution in [3.63, 3.8) is 0 Å². The number of carbonyl (C=O) groups excluding carboxylic acids is 1. The molecule has 2 aromatic rings. The minimum atomic E-state index is -0.491. The van der Waals surface area contributed by atoms with Gasteiger partial charge in [-0.3, -0.25) is 19.9 Å². The number of nitro benzene ring substituents is 1. The number of hydrogen-bond acceptors (Lipinski definition) is 8. The number of ether oxygens (including phenoxy) is 2. The number of non-ortho nitro benzene ring substituents is 1. The molecule has 2 aromatic carbocycles. The Morgan fingerprint density at radius 2 is 1.93 bits per heavy atom. The van der Waals surface area contributed by atoms with Gasteiger partial charge in [0.15, 0.2) is 11.0 Å². The molecular weight excluding hydrogens is 474 g/mol. The second kappa shape index (κ2) is 11.0. The Balaban J connectivity index is 0.00000320. The Hall–Kier alpha value is -2.59. The summed E-state index contributed by atoms with van der Waals surface area (Å²) < 4.78 is 10.8. The SMILES string of the molecule is Br.COc1ccc(OC)c(N(CC(=O)c2ccc([N+](=O)[O-])cc2)C2=NCCCS2)c1. The molecule has 0 unspecified atom stereocenters. The predicted octanol–water partition coefficient (Wildman–Crippen LogP) is 4.37. The van der Waals surface area contributed by atoms with Gasteiger partial charge in [0.1, 0.15) is 11.5 Å². The maximum absolute atomic E-state index is 13.0. The van der Waals surface area contributed by atoms with Crippen molar-refractivity contribution < 1.29 is 19.2 Å². The standard InChI is InChI=1S/C20H21N3O5S.BrH/c1-27-16-8-9-19(28-2)17(12-16)22(20-21-10-3-11-29-20)13-18(24)14-4-6-15(7-5-14)23(25)26;/h4-9,12H,3,10-11,13H2,1-2H3;1H. The minimum Gasteiger partial charge on any atom is -0.497 e. The molecule has 1 aliphatic rings. The highest BCUT2D eigenvalue weighted by atomic mass is 79.9. The van der Waals surface area contributed by atoms with Crippen LogP contribution in [-0.2, 0) is 0 Å². The summed E-state index contributed by atoms with van der Waals surface area (Å²) in [6.07, 6.45) is 0.980. The molecule has 10 heteroatoms. The Morgan fingerprint density at radius 3 is 2.50 bits per heavy atom. The number of nitrogens with zero attached hydrogens (tertiary/aromatic N) is 3. The molecular formula is C20H22BrN3O5S. The lowest BCUT2D eigenvalue weighted by Crippen LogP contribution is -2.36. The lowest BCUT2D eigenvalue weighted by molar-refractivity contribution is -0.384. The molecule has 0 saturated carbocycles. The van der Waals surface area contributed by atoms with Gasteiger partial charge in [0, 0.05) is 36.1 Å². The molecule has 0 spiro atoms. The smallest absolute Gasteiger partial charge is 0.269 e. The van der Waals surface area contributed by atoms with Crippen LogP contribution in [0, 0.1) is 10.1 Å². The van der Waals surface area contributed by atoms with Crippen LogP contribution in [0.15, 0.2) is 47.5 Å². The van der Waals surface area contributed by atoms with Crippen LogP contribution in [0.4, 0.5) is 11.4 Å². The van der Waals surface area contributed by atoms with E-state index in [1.54, 1.807) is 44.2 Å². The van der Waals surface area contributed by atoms with E-state index in [2.05, 4.69) is 4.99 Å². The first-order valence-electron chi connectivity index (χ1n) is 8.98. The van der Waals surface area contributed by atoms with Gasteiger partial charge in [0.25, 0.3) is 5.69 Å². The fourth-order valence-corrected chi connectivity index (χ4v) is 3.84. The highest BCUT2D eigenvalue weighted by Gasteiger charge is 2.24. The van der Waals surface area contributed by atoms with E-state index in [1.165, 1.54) is 24.3 Å². The first-order chi connectivity index (χ1) is 14.0. The molecule has 0 aromatic heterocycles. The average molecular weight is 496 g/mol. The third-order valence-corrected chi connectivity index (χ3v) is 5.49. The number of anilines is 1. The van der Waals surface area contributed by atoms with E-state index < -0.39 is 4.92 Å². The van der Waals surface area contributed by atoms with Crippen molar-refractivity contribution in [2.45, 2.75) is 6.42 Å². The van der Waals surface area contributed by atoms with Gasteiger partial charge < -0.3 is 14.4 Å². The summed E-state index contributed by atoms with van der Waals surface area (Å²) in [6.45, 7) is 0.712. The van der Waals surface area contributed by atoms with E-state index in [0.717, 1.165) is 17.3 Å². The summed E-state index contributed by atoms with van der Waals surface area (Å²) >= 11 is 1.58. The van der Waals surface area contributed by atoms with E-state index in [0.29, 0.717) is 29.3 Å².